The minimum Gasteiger partial charge on any atom is -0.297 e. The number of fused-ring (bicyclic) bond motifs is 1. The Morgan fingerprint density at radius 1 is 1.24 bits per heavy atom. The molecule has 21 heavy (non-hydrogen) atoms. The van der Waals surface area contributed by atoms with Gasteiger partial charge in [-0.15, -0.1) is 0 Å². The van der Waals surface area contributed by atoms with Gasteiger partial charge in [-0.3, -0.25) is 9.88 Å². The van der Waals surface area contributed by atoms with Crippen molar-refractivity contribution in [3.8, 4) is 0 Å². The number of allylic oxidation sites excluding steroid dienone is 1. The molecule has 3 rings (SSSR count). The Hall–Kier alpha value is -1.22. The fourth-order valence-electron chi connectivity index (χ4n) is 3.48. The topological polar surface area (TPSA) is 29.0 Å². The molecule has 0 bridgehead atoms. The molecule has 2 aliphatic rings. The fourth-order valence-corrected chi connectivity index (χ4v) is 3.48. The second kappa shape index (κ2) is 6.27. The average molecular weight is 285 g/mol. The van der Waals surface area contributed by atoms with E-state index in [2.05, 4.69) is 37.8 Å². The first-order valence-corrected chi connectivity index (χ1v) is 8.39. The Kier molecular flexibility index (Phi) is 4.39. The second-order valence-electron chi connectivity index (χ2n) is 6.89. The molecule has 0 spiro atoms. The molecule has 0 amide bonds. The minimum absolute atomic E-state index is 0.823. The van der Waals surface area contributed by atoms with Crippen LogP contribution >= 0.6 is 0 Å². The van der Waals surface area contributed by atoms with Gasteiger partial charge in [-0.2, -0.15) is 0 Å². The predicted octanol–water partition coefficient (Wildman–Crippen LogP) is 3.61. The number of aryl methyl sites for hydroxylation is 2. The molecule has 3 heteroatoms. The average Bonchev–Trinajstić information content (AvgIpc) is 2.48. The van der Waals surface area contributed by atoms with Crippen LogP contribution in [0.25, 0.3) is 6.08 Å². The van der Waals surface area contributed by atoms with E-state index in [9.17, 15) is 0 Å². The first-order valence-electron chi connectivity index (χ1n) is 8.39. The molecule has 0 unspecified atom stereocenters. The molecule has 1 aliphatic carbocycles. The van der Waals surface area contributed by atoms with Crippen molar-refractivity contribution in [2.24, 2.45) is 11.8 Å². The molecule has 1 aromatic rings. The maximum atomic E-state index is 4.91. The summed E-state index contributed by atoms with van der Waals surface area (Å²) in [7, 11) is 0. The van der Waals surface area contributed by atoms with Crippen LogP contribution < -0.4 is 0 Å². The summed E-state index contributed by atoms with van der Waals surface area (Å²) in [6.45, 7) is 10.2. The monoisotopic (exact) mass is 285 g/mol. The van der Waals surface area contributed by atoms with Gasteiger partial charge in [0.05, 0.1) is 22.8 Å². The van der Waals surface area contributed by atoms with Crippen LogP contribution in [0, 0.1) is 18.8 Å². The highest BCUT2D eigenvalue weighted by atomic mass is 15.1. The molecule has 2 heterocycles. The minimum atomic E-state index is 0.823. The summed E-state index contributed by atoms with van der Waals surface area (Å²) in [5, 5.41) is 0. The smallest absolute Gasteiger partial charge is 0.0845 e. The van der Waals surface area contributed by atoms with E-state index >= 15 is 0 Å². The van der Waals surface area contributed by atoms with Crippen molar-refractivity contribution in [3.63, 3.8) is 0 Å². The zero-order chi connectivity index (χ0) is 14.8. The van der Waals surface area contributed by atoms with Crippen LogP contribution in [0.3, 0.4) is 0 Å². The summed E-state index contributed by atoms with van der Waals surface area (Å²) >= 11 is 0. The fraction of sp³-hybridized carbons (Fsp3) is 0.667. The Morgan fingerprint density at radius 3 is 2.71 bits per heavy atom. The largest absolute Gasteiger partial charge is 0.297 e. The van der Waals surface area contributed by atoms with Gasteiger partial charge in [-0.25, -0.2) is 4.98 Å². The molecular formula is C18H27N3. The molecule has 1 aliphatic heterocycles. The summed E-state index contributed by atoms with van der Waals surface area (Å²) in [5.41, 5.74) is 4.56. The number of likely N-dealkylation sites (tertiary alicyclic amines) is 1. The third-order valence-electron chi connectivity index (χ3n) is 5.04. The first-order chi connectivity index (χ1) is 10.1. The Bertz CT molecular complexity index is 526. The van der Waals surface area contributed by atoms with Gasteiger partial charge in [0.1, 0.15) is 0 Å². The van der Waals surface area contributed by atoms with E-state index in [1.54, 1.807) is 0 Å². The Balaban J connectivity index is 1.67. The van der Waals surface area contributed by atoms with Crippen LogP contribution in [0.1, 0.15) is 55.9 Å². The third kappa shape index (κ3) is 3.34. The number of rotatable bonds is 3. The molecule has 0 N–H and O–H groups in total. The van der Waals surface area contributed by atoms with Crippen LogP contribution in [0.4, 0.5) is 0 Å². The lowest BCUT2D eigenvalue weighted by Crippen LogP contribution is -2.35. The summed E-state index contributed by atoms with van der Waals surface area (Å²) in [6.07, 6.45) is 9.13. The van der Waals surface area contributed by atoms with E-state index in [0.717, 1.165) is 42.6 Å². The normalized spacial score (nSPS) is 20.0. The van der Waals surface area contributed by atoms with Crippen molar-refractivity contribution in [1.82, 2.24) is 14.9 Å². The molecule has 114 valence electrons. The van der Waals surface area contributed by atoms with E-state index < -0.39 is 0 Å². The summed E-state index contributed by atoms with van der Waals surface area (Å²) in [5.74, 6) is 1.73. The summed E-state index contributed by atoms with van der Waals surface area (Å²) < 4.78 is 0. The van der Waals surface area contributed by atoms with Gasteiger partial charge in [0.25, 0.3) is 0 Å². The highest BCUT2D eigenvalue weighted by Gasteiger charge is 2.22. The van der Waals surface area contributed by atoms with Crippen molar-refractivity contribution < 1.29 is 0 Å². The van der Waals surface area contributed by atoms with E-state index in [-0.39, 0.29) is 0 Å². The van der Waals surface area contributed by atoms with Gasteiger partial charge in [0.2, 0.25) is 0 Å². The number of nitrogens with zero attached hydrogens (tertiary/aromatic N) is 3. The SMILES string of the molecule is Cc1nc2c(nc1CN1CCC(C(C)C)CC1)CCC=C2. The lowest BCUT2D eigenvalue weighted by molar-refractivity contribution is 0.150. The quantitative estimate of drug-likeness (QED) is 0.849. The lowest BCUT2D eigenvalue weighted by Gasteiger charge is -2.33. The Labute approximate surface area is 128 Å². The molecule has 0 aromatic carbocycles. The van der Waals surface area contributed by atoms with Crippen LogP contribution in [0.15, 0.2) is 6.08 Å². The first kappa shape index (κ1) is 14.7. The van der Waals surface area contributed by atoms with Crippen LogP contribution in [0.2, 0.25) is 0 Å². The molecule has 0 radical (unpaired) electrons. The third-order valence-corrected chi connectivity index (χ3v) is 5.04. The van der Waals surface area contributed by atoms with Gasteiger partial charge < -0.3 is 0 Å². The van der Waals surface area contributed by atoms with Crippen LogP contribution in [-0.4, -0.2) is 28.0 Å². The number of hydrogen-bond acceptors (Lipinski definition) is 3. The van der Waals surface area contributed by atoms with Crippen molar-refractivity contribution in [1.29, 1.82) is 0 Å². The molecule has 3 nitrogen and oxygen atoms in total. The van der Waals surface area contributed by atoms with Gasteiger partial charge in [0.15, 0.2) is 0 Å². The molecule has 1 fully saturated rings. The van der Waals surface area contributed by atoms with Gasteiger partial charge in [-0.1, -0.05) is 19.9 Å². The van der Waals surface area contributed by atoms with Gasteiger partial charge in [0, 0.05) is 6.54 Å². The maximum Gasteiger partial charge on any atom is 0.0845 e. The summed E-state index contributed by atoms with van der Waals surface area (Å²) in [6, 6.07) is 0. The Morgan fingerprint density at radius 2 is 2.00 bits per heavy atom. The number of aromatic nitrogens is 2. The standard InChI is InChI=1S/C18H27N3/c1-13(2)15-8-10-21(11-9-15)12-18-14(3)19-16-6-4-5-7-17(16)20-18/h4,6,13,15H,5,7-12H2,1-3H3. The van der Waals surface area contributed by atoms with Gasteiger partial charge in [-0.05, 0) is 63.6 Å². The van der Waals surface area contributed by atoms with Crippen molar-refractivity contribution in [2.45, 2.75) is 53.0 Å². The molecule has 1 saturated heterocycles. The lowest BCUT2D eigenvalue weighted by atomic mass is 9.87. The van der Waals surface area contributed by atoms with E-state index in [1.807, 2.05) is 0 Å². The zero-order valence-electron chi connectivity index (χ0n) is 13.6. The highest BCUT2D eigenvalue weighted by Crippen LogP contribution is 2.26. The van der Waals surface area contributed by atoms with E-state index in [4.69, 9.17) is 9.97 Å². The predicted molar refractivity (Wildman–Crippen MR) is 87.0 cm³/mol. The summed E-state index contributed by atoms with van der Waals surface area (Å²) in [4.78, 5) is 12.2. The van der Waals surface area contributed by atoms with Crippen LogP contribution in [0.5, 0.6) is 0 Å². The number of piperidine rings is 1. The highest BCUT2D eigenvalue weighted by molar-refractivity contribution is 5.50. The van der Waals surface area contributed by atoms with Crippen molar-refractivity contribution in [2.75, 3.05) is 13.1 Å². The molecule has 0 atom stereocenters. The number of hydrogen-bond donors (Lipinski definition) is 0. The van der Waals surface area contributed by atoms with Crippen molar-refractivity contribution >= 4 is 6.08 Å². The molecular weight excluding hydrogens is 258 g/mol. The van der Waals surface area contributed by atoms with E-state index in [1.165, 1.54) is 37.3 Å². The van der Waals surface area contributed by atoms with Gasteiger partial charge >= 0.3 is 0 Å². The zero-order valence-corrected chi connectivity index (χ0v) is 13.6. The molecule has 0 saturated carbocycles. The second-order valence-corrected chi connectivity index (χ2v) is 6.89. The van der Waals surface area contributed by atoms with Crippen molar-refractivity contribution in [3.05, 3.63) is 28.9 Å². The molecule has 1 aromatic heterocycles. The van der Waals surface area contributed by atoms with E-state index in [0.29, 0.717) is 0 Å². The van der Waals surface area contributed by atoms with Crippen LogP contribution in [-0.2, 0) is 13.0 Å². The maximum absolute atomic E-state index is 4.91.